The van der Waals surface area contributed by atoms with Crippen molar-refractivity contribution in [3.05, 3.63) is 69.2 Å². The molecule has 3 nitrogen and oxygen atoms in total. The van der Waals surface area contributed by atoms with Crippen LogP contribution in [-0.2, 0) is 11.3 Å². The van der Waals surface area contributed by atoms with Crippen LogP contribution in [0.3, 0.4) is 0 Å². The topological polar surface area (TPSA) is 37.4 Å². The number of nitrogens with zero attached hydrogens (tertiary/aromatic N) is 1. The number of amides is 1. The molecular formula is C20H22BrNO2. The average molecular weight is 388 g/mol. The van der Waals surface area contributed by atoms with Crippen molar-refractivity contribution < 1.29 is 9.59 Å². The number of benzene rings is 2. The largest absolute Gasteiger partial charge is 0.341 e. The molecule has 0 radical (unpaired) electrons. The van der Waals surface area contributed by atoms with Crippen molar-refractivity contribution in [1.29, 1.82) is 0 Å². The van der Waals surface area contributed by atoms with Crippen LogP contribution in [-0.4, -0.2) is 23.6 Å². The van der Waals surface area contributed by atoms with E-state index in [1.165, 1.54) is 0 Å². The van der Waals surface area contributed by atoms with E-state index in [1.54, 1.807) is 11.9 Å². The Labute approximate surface area is 151 Å². The normalized spacial score (nSPS) is 10.5. The molecular weight excluding hydrogens is 366 g/mol. The molecule has 0 spiro atoms. The van der Waals surface area contributed by atoms with Gasteiger partial charge in [0.25, 0.3) is 0 Å². The minimum absolute atomic E-state index is 0.0171. The third kappa shape index (κ3) is 5.03. The summed E-state index contributed by atoms with van der Waals surface area (Å²) >= 11 is 3.39. The van der Waals surface area contributed by atoms with Gasteiger partial charge in [0.05, 0.1) is 0 Å². The highest BCUT2D eigenvalue weighted by molar-refractivity contribution is 9.10. The van der Waals surface area contributed by atoms with E-state index in [0.29, 0.717) is 12.1 Å². The second-order valence-electron chi connectivity index (χ2n) is 6.10. The van der Waals surface area contributed by atoms with Crippen molar-refractivity contribution in [3.8, 4) is 0 Å². The second kappa shape index (κ2) is 8.25. The van der Waals surface area contributed by atoms with Crippen molar-refractivity contribution in [3.63, 3.8) is 0 Å². The van der Waals surface area contributed by atoms with Gasteiger partial charge in [0.1, 0.15) is 0 Å². The van der Waals surface area contributed by atoms with E-state index < -0.39 is 0 Å². The Morgan fingerprint density at radius 1 is 0.958 bits per heavy atom. The highest BCUT2D eigenvalue weighted by Gasteiger charge is 2.13. The van der Waals surface area contributed by atoms with Gasteiger partial charge in [-0.1, -0.05) is 40.2 Å². The van der Waals surface area contributed by atoms with E-state index in [1.807, 2.05) is 56.3 Å². The number of rotatable bonds is 6. The molecule has 0 saturated carbocycles. The lowest BCUT2D eigenvalue weighted by molar-refractivity contribution is -0.130. The lowest BCUT2D eigenvalue weighted by Crippen LogP contribution is -2.26. The highest BCUT2D eigenvalue weighted by Crippen LogP contribution is 2.14. The molecule has 0 aliphatic heterocycles. The van der Waals surface area contributed by atoms with Crippen molar-refractivity contribution in [1.82, 2.24) is 4.90 Å². The van der Waals surface area contributed by atoms with Gasteiger partial charge in [-0.25, -0.2) is 0 Å². The summed E-state index contributed by atoms with van der Waals surface area (Å²) in [5.41, 5.74) is 4.01. The van der Waals surface area contributed by atoms with E-state index in [2.05, 4.69) is 15.9 Å². The van der Waals surface area contributed by atoms with Crippen LogP contribution >= 0.6 is 15.9 Å². The molecule has 0 N–H and O–H groups in total. The molecule has 0 heterocycles. The minimum Gasteiger partial charge on any atom is -0.341 e. The number of aryl methyl sites for hydroxylation is 2. The van der Waals surface area contributed by atoms with Gasteiger partial charge in [0, 0.05) is 36.5 Å². The van der Waals surface area contributed by atoms with Crippen LogP contribution in [0.2, 0.25) is 0 Å². The van der Waals surface area contributed by atoms with Crippen LogP contribution in [0.15, 0.2) is 46.9 Å². The summed E-state index contributed by atoms with van der Waals surface area (Å²) in [6.07, 6.45) is 0.477. The summed E-state index contributed by atoms with van der Waals surface area (Å²) in [5, 5.41) is 0. The fourth-order valence-electron chi connectivity index (χ4n) is 2.42. The smallest absolute Gasteiger partial charge is 0.223 e. The number of carbonyl (C=O) groups excluding carboxylic acids is 2. The molecule has 0 aliphatic rings. The molecule has 0 bridgehead atoms. The number of hydrogen-bond acceptors (Lipinski definition) is 2. The summed E-state index contributed by atoms with van der Waals surface area (Å²) in [6.45, 7) is 4.55. The predicted molar refractivity (Wildman–Crippen MR) is 100 cm³/mol. The van der Waals surface area contributed by atoms with E-state index in [9.17, 15) is 9.59 Å². The van der Waals surface area contributed by atoms with Crippen molar-refractivity contribution in [2.75, 3.05) is 7.05 Å². The molecule has 2 aromatic carbocycles. The summed E-state index contributed by atoms with van der Waals surface area (Å²) < 4.78 is 1.01. The fourth-order valence-corrected chi connectivity index (χ4v) is 2.69. The fraction of sp³-hybridized carbons (Fsp3) is 0.300. The molecule has 0 aromatic heterocycles. The summed E-state index contributed by atoms with van der Waals surface area (Å²) in [4.78, 5) is 26.2. The molecule has 1 amide bonds. The van der Waals surface area contributed by atoms with Crippen molar-refractivity contribution in [2.24, 2.45) is 0 Å². The number of ketones is 1. The molecule has 0 unspecified atom stereocenters. The van der Waals surface area contributed by atoms with Gasteiger partial charge in [0.15, 0.2) is 5.78 Å². The van der Waals surface area contributed by atoms with Crippen molar-refractivity contribution in [2.45, 2.75) is 33.2 Å². The van der Waals surface area contributed by atoms with Gasteiger partial charge >= 0.3 is 0 Å². The molecule has 4 heteroatoms. The maximum absolute atomic E-state index is 12.3. The Morgan fingerprint density at radius 3 is 2.25 bits per heavy atom. The van der Waals surface area contributed by atoms with Gasteiger partial charge in [-0.3, -0.25) is 9.59 Å². The van der Waals surface area contributed by atoms with Crippen molar-refractivity contribution >= 4 is 27.6 Å². The Morgan fingerprint density at radius 2 is 1.62 bits per heavy atom. The number of hydrogen-bond donors (Lipinski definition) is 0. The zero-order chi connectivity index (χ0) is 17.7. The molecule has 24 heavy (non-hydrogen) atoms. The molecule has 0 aliphatic carbocycles. The molecule has 2 rings (SSSR count). The molecule has 0 saturated heterocycles. The van der Waals surface area contributed by atoms with Crippen LogP contribution in [0, 0.1) is 13.8 Å². The van der Waals surface area contributed by atoms with E-state index in [4.69, 9.17) is 0 Å². The van der Waals surface area contributed by atoms with Gasteiger partial charge in [-0.05, 0) is 48.7 Å². The third-order valence-corrected chi connectivity index (χ3v) is 4.68. The number of halogens is 1. The Kier molecular flexibility index (Phi) is 6.32. The summed E-state index contributed by atoms with van der Waals surface area (Å²) in [6, 6.07) is 13.6. The third-order valence-electron chi connectivity index (χ3n) is 4.15. The van der Waals surface area contributed by atoms with Crippen LogP contribution in [0.4, 0.5) is 0 Å². The number of carbonyl (C=O) groups is 2. The van der Waals surface area contributed by atoms with Crippen LogP contribution < -0.4 is 0 Å². The predicted octanol–water partition coefficient (Wildman–Crippen LogP) is 4.69. The first-order valence-electron chi connectivity index (χ1n) is 7.95. The quantitative estimate of drug-likeness (QED) is 0.674. The van der Waals surface area contributed by atoms with E-state index in [-0.39, 0.29) is 24.5 Å². The highest BCUT2D eigenvalue weighted by atomic mass is 79.9. The van der Waals surface area contributed by atoms with E-state index >= 15 is 0 Å². The maximum Gasteiger partial charge on any atom is 0.223 e. The SMILES string of the molecule is Cc1ccc(C(=O)CCC(=O)N(C)Cc2ccc(Br)cc2)cc1C. The average Bonchev–Trinajstić information content (AvgIpc) is 2.56. The van der Waals surface area contributed by atoms with Gasteiger partial charge < -0.3 is 4.90 Å². The first-order valence-corrected chi connectivity index (χ1v) is 8.75. The van der Waals surface area contributed by atoms with Gasteiger partial charge in [0.2, 0.25) is 5.91 Å². The minimum atomic E-state index is -0.0184. The maximum atomic E-state index is 12.3. The zero-order valence-corrected chi connectivity index (χ0v) is 15.9. The zero-order valence-electron chi connectivity index (χ0n) is 14.3. The Balaban J connectivity index is 1.88. The summed E-state index contributed by atoms with van der Waals surface area (Å²) in [5.74, 6) is -0.00130. The lowest BCUT2D eigenvalue weighted by Gasteiger charge is -2.17. The lowest BCUT2D eigenvalue weighted by atomic mass is 10.0. The van der Waals surface area contributed by atoms with Gasteiger partial charge in [-0.15, -0.1) is 0 Å². The Bertz CT molecular complexity index is 738. The monoisotopic (exact) mass is 387 g/mol. The van der Waals surface area contributed by atoms with Crippen LogP contribution in [0.25, 0.3) is 0 Å². The van der Waals surface area contributed by atoms with Crippen LogP contribution in [0.5, 0.6) is 0 Å². The Hall–Kier alpha value is -1.94. The van der Waals surface area contributed by atoms with E-state index in [0.717, 1.165) is 21.2 Å². The van der Waals surface area contributed by atoms with Gasteiger partial charge in [-0.2, -0.15) is 0 Å². The summed E-state index contributed by atoms with van der Waals surface area (Å²) in [7, 11) is 1.77. The second-order valence-corrected chi connectivity index (χ2v) is 7.01. The first-order chi connectivity index (χ1) is 11.4. The number of Topliss-reactive ketones (excluding diaryl/α,β-unsaturated/α-hetero) is 1. The first kappa shape index (κ1) is 18.4. The molecule has 0 fully saturated rings. The van der Waals surface area contributed by atoms with Crippen LogP contribution in [0.1, 0.15) is 39.9 Å². The standard InChI is InChI=1S/C20H22BrNO2/c1-14-4-7-17(12-15(14)2)19(23)10-11-20(24)22(3)13-16-5-8-18(21)9-6-16/h4-9,12H,10-11,13H2,1-3H3. The molecule has 0 atom stereocenters. The molecule has 126 valence electrons. The molecule has 2 aromatic rings.